The van der Waals surface area contributed by atoms with E-state index < -0.39 is 5.60 Å². The van der Waals surface area contributed by atoms with Gasteiger partial charge in [-0.2, -0.15) is 0 Å². The first-order valence-electron chi connectivity index (χ1n) is 5.12. The molecule has 0 radical (unpaired) electrons. The molecule has 4 unspecified atom stereocenters. The molecule has 0 aromatic carbocycles. The van der Waals surface area contributed by atoms with Gasteiger partial charge in [-0.1, -0.05) is 0 Å². The minimum absolute atomic E-state index is 0.00833. The second-order valence-electron chi connectivity index (χ2n) is 4.07. The molecular weight excluding hydrogens is 199 g/mol. The molecule has 86 valence electrons. The van der Waals surface area contributed by atoms with Crippen molar-refractivity contribution >= 4 is 7.85 Å². The normalized spacial score (nSPS) is 45.3. The van der Waals surface area contributed by atoms with Crippen LogP contribution in [0.3, 0.4) is 0 Å². The molecule has 15 heavy (non-hydrogen) atoms. The van der Waals surface area contributed by atoms with E-state index in [0.717, 1.165) is 0 Å². The standard InChI is InChI=1S/C9H17BO5/c1-11-3-9-4-13-5-14-6(7(9)12-2)8(10)15-9/h6-8H,3-5,10H2,1-2H3. The lowest BCUT2D eigenvalue weighted by Gasteiger charge is -2.31. The van der Waals surface area contributed by atoms with Gasteiger partial charge in [0.05, 0.1) is 19.2 Å². The molecule has 6 heteroatoms. The van der Waals surface area contributed by atoms with Crippen LogP contribution in [0.4, 0.5) is 0 Å². The molecule has 2 aliphatic rings. The van der Waals surface area contributed by atoms with Gasteiger partial charge in [0.15, 0.2) is 0 Å². The van der Waals surface area contributed by atoms with Crippen molar-refractivity contribution in [2.75, 3.05) is 34.2 Å². The zero-order valence-electron chi connectivity index (χ0n) is 9.39. The van der Waals surface area contributed by atoms with Crippen LogP contribution in [0, 0.1) is 0 Å². The topological polar surface area (TPSA) is 46.2 Å². The van der Waals surface area contributed by atoms with Crippen molar-refractivity contribution in [3.8, 4) is 0 Å². The summed E-state index contributed by atoms with van der Waals surface area (Å²) in [5.41, 5.74) is -0.524. The van der Waals surface area contributed by atoms with E-state index in [1.807, 2.05) is 7.85 Å². The first kappa shape index (κ1) is 11.4. The third-order valence-corrected chi connectivity index (χ3v) is 3.03. The SMILES string of the molecule is BC1OC2(COC)COCOC1C2OC. The lowest BCUT2D eigenvalue weighted by atomic mass is 9.89. The zero-order chi connectivity index (χ0) is 10.9. The summed E-state index contributed by atoms with van der Waals surface area (Å²) >= 11 is 0. The average Bonchev–Trinajstić information content (AvgIpc) is 2.35. The maximum atomic E-state index is 5.90. The van der Waals surface area contributed by atoms with Crippen LogP contribution in [0.2, 0.25) is 0 Å². The average molecular weight is 216 g/mol. The molecule has 2 heterocycles. The fourth-order valence-electron chi connectivity index (χ4n) is 2.48. The number of rotatable bonds is 3. The highest BCUT2D eigenvalue weighted by atomic mass is 16.7. The Kier molecular flexibility index (Phi) is 3.32. The zero-order valence-corrected chi connectivity index (χ0v) is 9.39. The summed E-state index contributed by atoms with van der Waals surface area (Å²) in [5, 5.41) is 0. The monoisotopic (exact) mass is 216 g/mol. The number of hydrogen-bond acceptors (Lipinski definition) is 5. The van der Waals surface area contributed by atoms with Crippen LogP contribution in [-0.2, 0) is 23.7 Å². The van der Waals surface area contributed by atoms with Crippen LogP contribution < -0.4 is 0 Å². The Morgan fingerprint density at radius 1 is 1.47 bits per heavy atom. The third-order valence-electron chi connectivity index (χ3n) is 3.03. The van der Waals surface area contributed by atoms with Gasteiger partial charge in [0, 0.05) is 14.2 Å². The molecule has 0 aromatic rings. The molecule has 2 saturated heterocycles. The maximum Gasteiger partial charge on any atom is 0.147 e. The molecule has 0 spiro atoms. The lowest BCUT2D eigenvalue weighted by Crippen LogP contribution is -2.50. The van der Waals surface area contributed by atoms with Gasteiger partial charge in [0.2, 0.25) is 0 Å². The third kappa shape index (κ3) is 1.81. The molecule has 0 aliphatic carbocycles. The van der Waals surface area contributed by atoms with Crippen molar-refractivity contribution in [2.45, 2.75) is 23.8 Å². The van der Waals surface area contributed by atoms with Gasteiger partial charge in [-0.25, -0.2) is 0 Å². The summed E-state index contributed by atoms with van der Waals surface area (Å²) in [6, 6.07) is 0.00833. The predicted molar refractivity (Wildman–Crippen MR) is 54.5 cm³/mol. The summed E-state index contributed by atoms with van der Waals surface area (Å²) in [7, 11) is 5.30. The van der Waals surface area contributed by atoms with E-state index in [-0.39, 0.29) is 18.2 Å². The molecule has 2 bridgehead atoms. The molecule has 4 atom stereocenters. The summed E-state index contributed by atoms with van der Waals surface area (Å²) in [4.78, 5) is 0. The second kappa shape index (κ2) is 4.39. The Morgan fingerprint density at radius 3 is 2.93 bits per heavy atom. The van der Waals surface area contributed by atoms with E-state index in [1.54, 1.807) is 14.2 Å². The van der Waals surface area contributed by atoms with Crippen molar-refractivity contribution in [3.05, 3.63) is 0 Å². The van der Waals surface area contributed by atoms with Gasteiger partial charge in [-0.3, -0.25) is 0 Å². The Balaban J connectivity index is 2.23. The fourth-order valence-corrected chi connectivity index (χ4v) is 2.48. The van der Waals surface area contributed by atoms with E-state index in [4.69, 9.17) is 23.7 Å². The second-order valence-corrected chi connectivity index (χ2v) is 4.07. The van der Waals surface area contributed by atoms with Crippen LogP contribution in [0.5, 0.6) is 0 Å². The van der Waals surface area contributed by atoms with Crippen LogP contribution in [-0.4, -0.2) is 65.9 Å². The highest BCUT2D eigenvalue weighted by Crippen LogP contribution is 2.36. The van der Waals surface area contributed by atoms with Crippen LogP contribution in [0.25, 0.3) is 0 Å². The van der Waals surface area contributed by atoms with Crippen molar-refractivity contribution in [1.29, 1.82) is 0 Å². The van der Waals surface area contributed by atoms with Gasteiger partial charge in [-0.05, 0) is 0 Å². The highest BCUT2D eigenvalue weighted by molar-refractivity contribution is 6.11. The van der Waals surface area contributed by atoms with Crippen molar-refractivity contribution in [1.82, 2.24) is 0 Å². The Labute approximate surface area is 90.4 Å². The number of hydrogen-bond donors (Lipinski definition) is 0. The Morgan fingerprint density at radius 2 is 2.27 bits per heavy atom. The highest BCUT2D eigenvalue weighted by Gasteiger charge is 2.56. The predicted octanol–water partition coefficient (Wildman–Crippen LogP) is -1.25. The van der Waals surface area contributed by atoms with Gasteiger partial charge in [-0.15, -0.1) is 0 Å². The molecular formula is C9H17BO5. The Hall–Kier alpha value is -0.135. The quantitative estimate of drug-likeness (QED) is 0.551. The maximum absolute atomic E-state index is 5.90. The van der Waals surface area contributed by atoms with Crippen molar-refractivity contribution in [2.24, 2.45) is 0 Å². The van der Waals surface area contributed by atoms with Crippen LogP contribution in [0.1, 0.15) is 0 Å². The van der Waals surface area contributed by atoms with E-state index >= 15 is 0 Å². The van der Waals surface area contributed by atoms with Crippen LogP contribution >= 0.6 is 0 Å². The van der Waals surface area contributed by atoms with Crippen LogP contribution in [0.15, 0.2) is 0 Å². The first-order valence-corrected chi connectivity index (χ1v) is 5.12. The van der Waals surface area contributed by atoms with Gasteiger partial charge >= 0.3 is 0 Å². The van der Waals surface area contributed by atoms with Crippen molar-refractivity contribution in [3.63, 3.8) is 0 Å². The molecule has 5 nitrogen and oxygen atoms in total. The van der Waals surface area contributed by atoms with E-state index in [0.29, 0.717) is 20.0 Å². The number of fused-ring (bicyclic) bond motifs is 2. The molecule has 0 aromatic heterocycles. The Bertz CT molecular complexity index is 227. The summed E-state index contributed by atoms with van der Waals surface area (Å²) in [6.07, 6.45) is -0.206. The van der Waals surface area contributed by atoms with Crippen molar-refractivity contribution < 1.29 is 23.7 Å². The van der Waals surface area contributed by atoms with Gasteiger partial charge < -0.3 is 23.7 Å². The largest absolute Gasteiger partial charge is 0.381 e. The first-order chi connectivity index (χ1) is 7.23. The minimum atomic E-state index is -0.524. The van der Waals surface area contributed by atoms with E-state index in [1.165, 1.54) is 0 Å². The van der Waals surface area contributed by atoms with Gasteiger partial charge in [0.1, 0.15) is 32.4 Å². The summed E-state index contributed by atoms with van der Waals surface area (Å²) in [6.45, 7) is 1.19. The van der Waals surface area contributed by atoms with E-state index in [9.17, 15) is 0 Å². The summed E-state index contributed by atoms with van der Waals surface area (Å²) in [5.74, 6) is 0. The summed E-state index contributed by atoms with van der Waals surface area (Å²) < 4.78 is 27.5. The number of ether oxygens (including phenoxy) is 5. The van der Waals surface area contributed by atoms with E-state index in [2.05, 4.69) is 0 Å². The fraction of sp³-hybridized carbons (Fsp3) is 1.00. The minimum Gasteiger partial charge on any atom is -0.381 e. The molecule has 2 fully saturated rings. The molecule has 0 saturated carbocycles. The molecule has 2 aliphatic heterocycles. The van der Waals surface area contributed by atoms with Gasteiger partial charge in [0.25, 0.3) is 0 Å². The molecule has 2 rings (SSSR count). The lowest BCUT2D eigenvalue weighted by molar-refractivity contribution is -0.167. The molecule has 0 N–H and O–H groups in total. The molecule has 0 amide bonds. The number of methoxy groups -OCH3 is 2. The smallest absolute Gasteiger partial charge is 0.147 e.